The van der Waals surface area contributed by atoms with Crippen molar-refractivity contribution in [3.05, 3.63) is 11.7 Å². The van der Waals surface area contributed by atoms with Crippen molar-refractivity contribution in [2.24, 2.45) is 5.41 Å². The van der Waals surface area contributed by atoms with Crippen molar-refractivity contribution in [1.82, 2.24) is 25.3 Å². The second kappa shape index (κ2) is 8.69. The molecule has 3 amide bonds. The molecule has 1 aromatic rings. The lowest BCUT2D eigenvalue weighted by molar-refractivity contribution is -0.139. The summed E-state index contributed by atoms with van der Waals surface area (Å²) < 4.78 is 5.07. The number of aryl methyl sites for hydroxylation is 1. The molecule has 1 unspecified atom stereocenters. The highest BCUT2D eigenvalue weighted by Gasteiger charge is 2.42. The lowest BCUT2D eigenvalue weighted by Crippen LogP contribution is -2.57. The van der Waals surface area contributed by atoms with E-state index in [1.165, 1.54) is 0 Å². The van der Waals surface area contributed by atoms with Gasteiger partial charge in [0.15, 0.2) is 5.82 Å². The number of rotatable bonds is 6. The second-order valence-electron chi connectivity index (χ2n) is 7.50. The summed E-state index contributed by atoms with van der Waals surface area (Å²) in [5.41, 5.74) is -0.0532. The summed E-state index contributed by atoms with van der Waals surface area (Å²) in [5.74, 6) is 1.31. The largest absolute Gasteiger partial charge is 0.395 e. The average Bonchev–Trinajstić information content (AvgIpc) is 3.13. The van der Waals surface area contributed by atoms with Crippen LogP contribution in [0.25, 0.3) is 0 Å². The van der Waals surface area contributed by atoms with Gasteiger partial charge in [0, 0.05) is 57.4 Å². The fourth-order valence-electron chi connectivity index (χ4n) is 4.07. The number of hydrogen-bond donors (Lipinski definition) is 2. The van der Waals surface area contributed by atoms with Crippen LogP contribution in [-0.2, 0) is 17.6 Å². The molecule has 2 saturated heterocycles. The van der Waals surface area contributed by atoms with E-state index >= 15 is 0 Å². The molecule has 3 heterocycles. The van der Waals surface area contributed by atoms with Crippen molar-refractivity contribution >= 4 is 11.9 Å². The number of carbonyl (C=O) groups excluding carboxylic acids is 2. The smallest absolute Gasteiger partial charge is 0.317 e. The Bertz CT molecular complexity index is 664. The number of aliphatic hydroxyl groups is 1. The molecule has 9 nitrogen and oxygen atoms in total. The van der Waals surface area contributed by atoms with E-state index in [0.29, 0.717) is 57.2 Å². The van der Waals surface area contributed by atoms with Crippen LogP contribution in [0, 0.1) is 5.41 Å². The van der Waals surface area contributed by atoms with Gasteiger partial charge in [-0.1, -0.05) is 12.1 Å². The van der Waals surface area contributed by atoms with E-state index in [9.17, 15) is 14.7 Å². The lowest BCUT2D eigenvalue weighted by atomic mass is 9.73. The summed E-state index contributed by atoms with van der Waals surface area (Å²) in [7, 11) is 0. The molecule has 0 radical (unpaired) electrons. The minimum atomic E-state index is -0.0844. The maximum absolute atomic E-state index is 12.6. The van der Waals surface area contributed by atoms with Gasteiger partial charge in [-0.05, 0) is 19.3 Å². The van der Waals surface area contributed by atoms with Gasteiger partial charge in [0.25, 0.3) is 0 Å². The minimum absolute atomic E-state index is 0.0259. The molecule has 0 saturated carbocycles. The Balaban J connectivity index is 1.51. The lowest BCUT2D eigenvalue weighted by Gasteiger charge is -2.48. The number of likely N-dealkylation sites (tertiary alicyclic amines) is 2. The van der Waals surface area contributed by atoms with Gasteiger partial charge < -0.3 is 24.7 Å². The summed E-state index contributed by atoms with van der Waals surface area (Å²) in [6.07, 6.45) is 4.47. The van der Waals surface area contributed by atoms with E-state index in [1.54, 1.807) is 4.90 Å². The van der Waals surface area contributed by atoms with Crippen molar-refractivity contribution < 1.29 is 19.2 Å². The minimum Gasteiger partial charge on any atom is -0.395 e. The van der Waals surface area contributed by atoms with Crippen molar-refractivity contribution in [2.45, 2.75) is 45.4 Å². The molecule has 1 spiro atoms. The van der Waals surface area contributed by atoms with Gasteiger partial charge >= 0.3 is 6.03 Å². The van der Waals surface area contributed by atoms with Crippen molar-refractivity contribution in [3.8, 4) is 0 Å². The van der Waals surface area contributed by atoms with E-state index in [-0.39, 0.29) is 24.0 Å². The molecule has 2 fully saturated rings. The number of amides is 3. The zero-order valence-electron chi connectivity index (χ0n) is 15.9. The first kappa shape index (κ1) is 19.6. The summed E-state index contributed by atoms with van der Waals surface area (Å²) in [6, 6.07) is -0.0844. The predicted octanol–water partition coefficient (Wildman–Crippen LogP) is 0.581. The molecule has 0 aliphatic carbocycles. The first-order valence-electron chi connectivity index (χ1n) is 9.78. The van der Waals surface area contributed by atoms with Crippen LogP contribution in [0.3, 0.4) is 0 Å². The third-order valence-electron chi connectivity index (χ3n) is 5.50. The van der Waals surface area contributed by atoms with Crippen LogP contribution in [0.1, 0.15) is 44.3 Å². The van der Waals surface area contributed by atoms with Crippen molar-refractivity contribution in [1.29, 1.82) is 0 Å². The second-order valence-corrected chi connectivity index (χ2v) is 7.50. The highest BCUT2D eigenvalue weighted by atomic mass is 16.5. The van der Waals surface area contributed by atoms with Gasteiger partial charge in [-0.2, -0.15) is 4.98 Å². The van der Waals surface area contributed by atoms with Gasteiger partial charge in [-0.15, -0.1) is 0 Å². The van der Waals surface area contributed by atoms with Gasteiger partial charge in [0.05, 0.1) is 6.61 Å². The third-order valence-corrected chi connectivity index (χ3v) is 5.50. The summed E-state index contributed by atoms with van der Waals surface area (Å²) in [4.78, 5) is 32.4. The summed E-state index contributed by atoms with van der Waals surface area (Å²) in [6.45, 7) is 4.75. The zero-order chi connectivity index (χ0) is 19.3. The molecular weight excluding hydrogens is 350 g/mol. The maximum Gasteiger partial charge on any atom is 0.317 e. The number of carbonyl (C=O) groups is 2. The number of nitrogens with one attached hydrogen (secondary N) is 1. The highest BCUT2D eigenvalue weighted by Crippen LogP contribution is 2.38. The number of nitrogens with zero attached hydrogens (tertiary/aromatic N) is 4. The first-order valence-corrected chi connectivity index (χ1v) is 9.78. The topological polar surface area (TPSA) is 112 Å². The molecule has 3 rings (SSSR count). The molecule has 0 bridgehead atoms. The van der Waals surface area contributed by atoms with E-state index in [4.69, 9.17) is 4.52 Å². The monoisotopic (exact) mass is 379 g/mol. The van der Waals surface area contributed by atoms with Gasteiger partial charge in [0.2, 0.25) is 11.8 Å². The number of β-amino-alcohol motifs (C(OH)–C–C–N with tert-alkyl or cyclic N) is 1. The SMILES string of the molecule is CCc1nc(CCNC(=O)N2CCCC3(CCC(=O)N(CCO)C3)C2)no1. The fourth-order valence-corrected chi connectivity index (χ4v) is 4.07. The molecule has 1 atom stereocenters. The van der Waals surface area contributed by atoms with E-state index in [0.717, 1.165) is 25.8 Å². The van der Waals surface area contributed by atoms with E-state index in [2.05, 4.69) is 15.5 Å². The predicted molar refractivity (Wildman–Crippen MR) is 96.9 cm³/mol. The Morgan fingerprint density at radius 2 is 2.22 bits per heavy atom. The quantitative estimate of drug-likeness (QED) is 0.748. The molecule has 9 heteroatoms. The summed E-state index contributed by atoms with van der Waals surface area (Å²) in [5, 5.41) is 16.0. The molecule has 2 aliphatic heterocycles. The molecule has 2 N–H and O–H groups in total. The molecule has 2 aliphatic rings. The first-order chi connectivity index (χ1) is 13.0. The number of piperidine rings is 2. The van der Waals surface area contributed by atoms with Crippen LogP contribution in [0.4, 0.5) is 4.79 Å². The van der Waals surface area contributed by atoms with Crippen molar-refractivity contribution in [2.75, 3.05) is 39.3 Å². The maximum atomic E-state index is 12.6. The van der Waals surface area contributed by atoms with Crippen molar-refractivity contribution in [3.63, 3.8) is 0 Å². The Labute approximate surface area is 159 Å². The number of aliphatic hydroxyl groups excluding tert-OH is 1. The van der Waals surface area contributed by atoms with Gasteiger partial charge in [-0.3, -0.25) is 4.79 Å². The Kier molecular flexibility index (Phi) is 6.30. The molecule has 1 aromatic heterocycles. The van der Waals surface area contributed by atoms with Crippen LogP contribution in [-0.4, -0.2) is 76.3 Å². The van der Waals surface area contributed by atoms with E-state index < -0.39 is 0 Å². The molecule has 150 valence electrons. The van der Waals surface area contributed by atoms with Crippen LogP contribution in [0.2, 0.25) is 0 Å². The van der Waals surface area contributed by atoms with Crippen LogP contribution in [0.5, 0.6) is 0 Å². The van der Waals surface area contributed by atoms with Crippen LogP contribution >= 0.6 is 0 Å². The standard InChI is InChI=1S/C18H29N5O4/c1-2-15-20-14(21-27-15)5-8-19-17(26)23-9-3-6-18(13-23)7-4-16(25)22(12-18)10-11-24/h24H,2-13H2,1H3,(H,19,26). The Hall–Kier alpha value is -2.16. The normalized spacial score (nSPS) is 23.1. The van der Waals surface area contributed by atoms with Gasteiger partial charge in [0.1, 0.15) is 0 Å². The zero-order valence-corrected chi connectivity index (χ0v) is 15.9. The number of urea groups is 1. The molecule has 27 heavy (non-hydrogen) atoms. The Morgan fingerprint density at radius 3 is 2.96 bits per heavy atom. The van der Waals surface area contributed by atoms with Crippen LogP contribution in [0.15, 0.2) is 4.52 Å². The number of hydrogen-bond acceptors (Lipinski definition) is 6. The van der Waals surface area contributed by atoms with Gasteiger partial charge in [-0.25, -0.2) is 4.79 Å². The molecule has 0 aromatic carbocycles. The average molecular weight is 379 g/mol. The number of aromatic nitrogens is 2. The highest BCUT2D eigenvalue weighted by molar-refractivity contribution is 5.77. The van der Waals surface area contributed by atoms with E-state index in [1.807, 2.05) is 11.8 Å². The van der Waals surface area contributed by atoms with Crippen LogP contribution < -0.4 is 5.32 Å². The Morgan fingerprint density at radius 1 is 1.37 bits per heavy atom. The molecular formula is C18H29N5O4. The third kappa shape index (κ3) is 4.77. The fraction of sp³-hybridized carbons (Fsp3) is 0.778. The summed E-state index contributed by atoms with van der Waals surface area (Å²) >= 11 is 0.